The second kappa shape index (κ2) is 6.33. The lowest BCUT2D eigenvalue weighted by molar-refractivity contribution is 0.0921. The molecule has 92 valence electrons. The molecular weight excluding hydrogens is 407 g/mol. The number of hydrogen-bond donors (Lipinski definition) is 0. The Bertz CT molecular complexity index is 552. The number of carbonyl (C=O) groups is 1. The minimum absolute atomic E-state index is 0.0325. The summed E-state index contributed by atoms with van der Waals surface area (Å²) in [5, 5.41) is 0. The van der Waals surface area contributed by atoms with Gasteiger partial charge in [-0.2, -0.15) is 0 Å². The molecule has 0 N–H and O–H groups in total. The Hall–Kier alpha value is -0.880. The van der Waals surface area contributed by atoms with Crippen LogP contribution < -0.4 is 4.74 Å². The first-order valence-electron chi connectivity index (χ1n) is 5.32. The zero-order valence-electron chi connectivity index (χ0n) is 9.40. The first-order valence-corrected chi connectivity index (χ1v) is 7.19. The molecule has 0 heterocycles. The average molecular weight is 417 g/mol. The van der Waals surface area contributed by atoms with Crippen molar-refractivity contribution in [3.8, 4) is 5.75 Å². The van der Waals surface area contributed by atoms with Crippen LogP contribution in [-0.4, -0.2) is 12.4 Å². The van der Waals surface area contributed by atoms with Gasteiger partial charge >= 0.3 is 0 Å². The molecule has 2 rings (SSSR count). The predicted molar refractivity (Wildman–Crippen MR) is 83.1 cm³/mol. The summed E-state index contributed by atoms with van der Waals surface area (Å²) in [5.74, 6) is 0.675. The second-order valence-corrected chi connectivity index (χ2v) is 5.84. The monoisotopic (exact) mass is 416 g/mol. The molecule has 0 aliphatic rings. The summed E-state index contributed by atoms with van der Waals surface area (Å²) in [6, 6.07) is 14.9. The van der Waals surface area contributed by atoms with Crippen LogP contribution in [-0.2, 0) is 0 Å². The minimum Gasteiger partial charge on any atom is -0.485 e. The molecule has 2 aromatic carbocycles. The maximum Gasteiger partial charge on any atom is 0.200 e. The molecule has 0 spiro atoms. The van der Waals surface area contributed by atoms with E-state index in [-0.39, 0.29) is 12.4 Å². The summed E-state index contributed by atoms with van der Waals surface area (Å²) in [4.78, 5) is 11.9. The van der Waals surface area contributed by atoms with Gasteiger partial charge in [-0.15, -0.1) is 0 Å². The van der Waals surface area contributed by atoms with E-state index in [1.165, 1.54) is 0 Å². The number of rotatable bonds is 4. The summed E-state index contributed by atoms with van der Waals surface area (Å²) in [7, 11) is 0. The maximum absolute atomic E-state index is 11.9. The van der Waals surface area contributed by atoms with E-state index >= 15 is 0 Å². The Labute approximate surface area is 128 Å². The largest absolute Gasteiger partial charge is 0.485 e. The van der Waals surface area contributed by atoms with Crippen LogP contribution in [0.15, 0.2) is 53.0 Å². The van der Waals surface area contributed by atoms with Crippen molar-refractivity contribution >= 4 is 44.3 Å². The number of benzene rings is 2. The van der Waals surface area contributed by atoms with E-state index in [4.69, 9.17) is 4.74 Å². The van der Waals surface area contributed by atoms with Crippen molar-refractivity contribution in [2.75, 3.05) is 6.61 Å². The number of ether oxygens (including phenoxy) is 1. The van der Waals surface area contributed by atoms with Crippen LogP contribution in [0.2, 0.25) is 0 Å². The van der Waals surface area contributed by atoms with Crippen molar-refractivity contribution in [1.82, 2.24) is 0 Å². The smallest absolute Gasteiger partial charge is 0.200 e. The van der Waals surface area contributed by atoms with Crippen molar-refractivity contribution < 1.29 is 9.53 Å². The first-order chi connectivity index (χ1) is 8.65. The van der Waals surface area contributed by atoms with Crippen LogP contribution in [0, 0.1) is 3.57 Å². The molecule has 0 radical (unpaired) electrons. The van der Waals surface area contributed by atoms with Gasteiger partial charge in [0.15, 0.2) is 12.4 Å². The molecular formula is C14H10BrIO2. The molecule has 4 heteroatoms. The topological polar surface area (TPSA) is 26.3 Å². The van der Waals surface area contributed by atoms with E-state index < -0.39 is 0 Å². The summed E-state index contributed by atoms with van der Waals surface area (Å²) < 4.78 is 7.48. The van der Waals surface area contributed by atoms with E-state index in [0.717, 1.165) is 8.04 Å². The fraction of sp³-hybridized carbons (Fsp3) is 0.0714. The van der Waals surface area contributed by atoms with Crippen LogP contribution in [0.5, 0.6) is 5.75 Å². The van der Waals surface area contributed by atoms with E-state index in [1.54, 1.807) is 12.1 Å². The Morgan fingerprint density at radius 1 is 1.17 bits per heavy atom. The van der Waals surface area contributed by atoms with Gasteiger partial charge in [0.05, 0.1) is 0 Å². The summed E-state index contributed by atoms with van der Waals surface area (Å²) >= 11 is 5.56. The highest BCUT2D eigenvalue weighted by Gasteiger charge is 2.07. The molecule has 0 aliphatic heterocycles. The molecule has 0 saturated carbocycles. The third kappa shape index (κ3) is 3.81. The van der Waals surface area contributed by atoms with Gasteiger partial charge in [-0.1, -0.05) is 28.1 Å². The highest BCUT2D eigenvalue weighted by molar-refractivity contribution is 14.1. The van der Waals surface area contributed by atoms with Crippen molar-refractivity contribution in [1.29, 1.82) is 0 Å². The molecule has 0 atom stereocenters. The molecule has 0 amide bonds. The molecule has 0 aliphatic carbocycles. The maximum atomic E-state index is 11.9. The van der Waals surface area contributed by atoms with Gasteiger partial charge in [0.2, 0.25) is 0 Å². The first kappa shape index (κ1) is 13.5. The molecule has 2 nitrogen and oxygen atoms in total. The third-order valence-corrected chi connectivity index (χ3v) is 3.54. The highest BCUT2D eigenvalue weighted by Crippen LogP contribution is 2.15. The van der Waals surface area contributed by atoms with E-state index in [2.05, 4.69) is 38.5 Å². The Kier molecular flexibility index (Phi) is 4.77. The average Bonchev–Trinajstić information content (AvgIpc) is 2.38. The number of ketones is 1. The lowest BCUT2D eigenvalue weighted by atomic mass is 10.1. The highest BCUT2D eigenvalue weighted by atomic mass is 127. The standard InChI is InChI=1S/C14H10BrIO2/c15-11-3-1-2-10(8-11)14(17)9-18-13-6-4-12(16)5-7-13/h1-8H,9H2. The molecule has 0 aromatic heterocycles. The molecule has 18 heavy (non-hydrogen) atoms. The van der Waals surface area contributed by atoms with Crippen LogP contribution in [0.4, 0.5) is 0 Å². The van der Waals surface area contributed by atoms with Gasteiger partial charge in [-0.25, -0.2) is 0 Å². The summed E-state index contributed by atoms with van der Waals surface area (Å²) in [5.41, 5.74) is 0.648. The van der Waals surface area contributed by atoms with Gasteiger partial charge in [-0.05, 0) is 59.0 Å². The van der Waals surface area contributed by atoms with E-state index in [9.17, 15) is 4.79 Å². The quantitative estimate of drug-likeness (QED) is 0.548. The lowest BCUT2D eigenvalue weighted by Crippen LogP contribution is -2.11. The SMILES string of the molecule is O=C(COc1ccc(I)cc1)c1cccc(Br)c1. The van der Waals surface area contributed by atoms with Crippen LogP contribution in [0.1, 0.15) is 10.4 Å². The zero-order valence-corrected chi connectivity index (χ0v) is 13.1. The van der Waals surface area contributed by atoms with Crippen molar-refractivity contribution in [2.24, 2.45) is 0 Å². The van der Waals surface area contributed by atoms with Crippen LogP contribution in [0.3, 0.4) is 0 Å². The van der Waals surface area contributed by atoms with Crippen molar-refractivity contribution in [3.05, 3.63) is 62.1 Å². The normalized spacial score (nSPS) is 10.1. The van der Waals surface area contributed by atoms with Crippen molar-refractivity contribution in [2.45, 2.75) is 0 Å². The summed E-state index contributed by atoms with van der Waals surface area (Å²) in [6.07, 6.45) is 0. The van der Waals surface area contributed by atoms with Crippen LogP contribution in [0.25, 0.3) is 0 Å². The molecule has 2 aromatic rings. The van der Waals surface area contributed by atoms with Gasteiger partial charge in [0.25, 0.3) is 0 Å². The fourth-order valence-electron chi connectivity index (χ4n) is 1.42. The summed E-state index contributed by atoms with van der Waals surface area (Å²) in [6.45, 7) is 0.0526. The number of halogens is 2. The van der Waals surface area contributed by atoms with Gasteiger partial charge in [0, 0.05) is 13.6 Å². The number of hydrogen-bond acceptors (Lipinski definition) is 2. The lowest BCUT2D eigenvalue weighted by Gasteiger charge is -2.05. The molecule has 0 fully saturated rings. The predicted octanol–water partition coefficient (Wildman–Crippen LogP) is 4.32. The molecule has 0 unspecified atom stereocenters. The van der Waals surface area contributed by atoms with E-state index in [0.29, 0.717) is 11.3 Å². The Balaban J connectivity index is 1.98. The van der Waals surface area contributed by atoms with Gasteiger partial charge in [0.1, 0.15) is 5.75 Å². The second-order valence-electron chi connectivity index (χ2n) is 3.68. The third-order valence-electron chi connectivity index (χ3n) is 2.33. The number of carbonyl (C=O) groups excluding carboxylic acids is 1. The Morgan fingerprint density at radius 2 is 1.89 bits per heavy atom. The molecule has 0 bridgehead atoms. The van der Waals surface area contributed by atoms with E-state index in [1.807, 2.05) is 36.4 Å². The fourth-order valence-corrected chi connectivity index (χ4v) is 2.18. The number of Topliss-reactive ketones (excluding diaryl/α,β-unsaturated/α-hetero) is 1. The van der Waals surface area contributed by atoms with Crippen molar-refractivity contribution in [3.63, 3.8) is 0 Å². The Morgan fingerprint density at radius 3 is 2.56 bits per heavy atom. The van der Waals surface area contributed by atoms with Gasteiger partial charge in [-0.3, -0.25) is 4.79 Å². The van der Waals surface area contributed by atoms with Crippen LogP contribution >= 0.6 is 38.5 Å². The zero-order chi connectivity index (χ0) is 13.0. The minimum atomic E-state index is -0.0325. The van der Waals surface area contributed by atoms with Gasteiger partial charge < -0.3 is 4.74 Å². The molecule has 0 saturated heterocycles.